The molecule has 1 amide bonds. The molecule has 0 saturated carbocycles. The van der Waals surface area contributed by atoms with Crippen LogP contribution in [0.25, 0.3) is 0 Å². The zero-order valence-corrected chi connectivity index (χ0v) is 10.6. The van der Waals surface area contributed by atoms with Gasteiger partial charge in [0.05, 0.1) is 6.04 Å². The molecule has 3 nitrogen and oxygen atoms in total. The first-order valence-electron chi connectivity index (χ1n) is 4.52. The Morgan fingerprint density at radius 1 is 1.62 bits per heavy atom. The van der Waals surface area contributed by atoms with Crippen molar-refractivity contribution in [2.45, 2.75) is 12.5 Å². The summed E-state index contributed by atoms with van der Waals surface area (Å²) in [6.45, 7) is -0.749. The van der Waals surface area contributed by atoms with E-state index in [-0.39, 0.29) is 6.42 Å². The SMILES string of the molecule is O=C(O)NC(CF)Cc1ccc(Cl)cc1Br. The molecule has 88 valence electrons. The van der Waals surface area contributed by atoms with E-state index in [1.165, 1.54) is 0 Å². The Morgan fingerprint density at radius 2 is 2.31 bits per heavy atom. The van der Waals surface area contributed by atoms with Gasteiger partial charge < -0.3 is 10.4 Å². The molecule has 6 heteroatoms. The van der Waals surface area contributed by atoms with Crippen LogP contribution in [0.4, 0.5) is 9.18 Å². The number of benzene rings is 1. The van der Waals surface area contributed by atoms with Gasteiger partial charge in [-0.2, -0.15) is 0 Å². The lowest BCUT2D eigenvalue weighted by Gasteiger charge is -2.14. The fourth-order valence-electron chi connectivity index (χ4n) is 1.27. The summed E-state index contributed by atoms with van der Waals surface area (Å²) in [5.41, 5.74) is 0.806. The van der Waals surface area contributed by atoms with Crippen molar-refractivity contribution >= 4 is 33.6 Å². The molecule has 16 heavy (non-hydrogen) atoms. The Balaban J connectivity index is 2.73. The third-order valence-corrected chi connectivity index (χ3v) is 2.97. The Morgan fingerprint density at radius 3 is 2.81 bits per heavy atom. The molecular weight excluding hydrogens is 300 g/mol. The second-order valence-electron chi connectivity index (χ2n) is 3.24. The second-order valence-corrected chi connectivity index (χ2v) is 4.53. The molecule has 1 atom stereocenters. The van der Waals surface area contributed by atoms with Gasteiger partial charge in [-0.1, -0.05) is 33.6 Å². The molecule has 2 N–H and O–H groups in total. The van der Waals surface area contributed by atoms with E-state index in [2.05, 4.69) is 21.2 Å². The number of rotatable bonds is 4. The van der Waals surface area contributed by atoms with Crippen LogP contribution in [0.1, 0.15) is 5.56 Å². The highest BCUT2D eigenvalue weighted by molar-refractivity contribution is 9.10. The van der Waals surface area contributed by atoms with E-state index in [4.69, 9.17) is 16.7 Å². The van der Waals surface area contributed by atoms with Crippen molar-refractivity contribution in [3.63, 3.8) is 0 Å². The fraction of sp³-hybridized carbons (Fsp3) is 0.300. The average Bonchev–Trinajstić information content (AvgIpc) is 2.20. The van der Waals surface area contributed by atoms with Gasteiger partial charge in [-0.05, 0) is 24.1 Å². The summed E-state index contributed by atoms with van der Waals surface area (Å²) in [7, 11) is 0. The summed E-state index contributed by atoms with van der Waals surface area (Å²) in [5.74, 6) is 0. The van der Waals surface area contributed by atoms with Crippen molar-refractivity contribution in [1.29, 1.82) is 0 Å². The molecule has 1 unspecified atom stereocenters. The highest BCUT2D eigenvalue weighted by Gasteiger charge is 2.13. The second kappa shape index (κ2) is 6.06. The lowest BCUT2D eigenvalue weighted by Crippen LogP contribution is -2.37. The number of hydrogen-bond donors (Lipinski definition) is 2. The summed E-state index contributed by atoms with van der Waals surface area (Å²) in [6, 6.07) is 4.36. The molecule has 1 aromatic rings. The molecule has 0 saturated heterocycles. The van der Waals surface area contributed by atoms with Gasteiger partial charge in [0.25, 0.3) is 0 Å². The van der Waals surface area contributed by atoms with Gasteiger partial charge in [0.2, 0.25) is 0 Å². The molecule has 0 aliphatic heterocycles. The van der Waals surface area contributed by atoms with Crippen LogP contribution in [0.5, 0.6) is 0 Å². The molecule has 0 radical (unpaired) electrons. The number of alkyl halides is 1. The van der Waals surface area contributed by atoms with Crippen molar-refractivity contribution in [1.82, 2.24) is 5.32 Å². The van der Waals surface area contributed by atoms with Gasteiger partial charge in [-0.25, -0.2) is 9.18 Å². The van der Waals surface area contributed by atoms with E-state index >= 15 is 0 Å². The van der Waals surface area contributed by atoms with E-state index in [1.807, 2.05) is 0 Å². The third-order valence-electron chi connectivity index (χ3n) is 2.00. The maximum atomic E-state index is 12.5. The zero-order valence-electron chi connectivity index (χ0n) is 8.21. The Labute approximate surface area is 106 Å². The quantitative estimate of drug-likeness (QED) is 0.897. The van der Waals surface area contributed by atoms with E-state index < -0.39 is 18.8 Å². The molecular formula is C10H10BrClFNO2. The number of amides is 1. The Bertz CT molecular complexity index is 389. The number of carboxylic acid groups (broad SMARTS) is 1. The van der Waals surface area contributed by atoms with Crippen LogP contribution < -0.4 is 5.32 Å². The van der Waals surface area contributed by atoms with Crippen LogP contribution in [0.3, 0.4) is 0 Å². The van der Waals surface area contributed by atoms with Crippen LogP contribution in [0.15, 0.2) is 22.7 Å². The predicted octanol–water partition coefficient (Wildman–Crippen LogP) is 3.25. The van der Waals surface area contributed by atoms with E-state index in [0.717, 1.165) is 10.0 Å². The summed E-state index contributed by atoms with van der Waals surface area (Å²) >= 11 is 9.05. The molecule has 0 bridgehead atoms. The summed E-state index contributed by atoms with van der Waals surface area (Å²) in [6.07, 6.45) is -0.951. The average molecular weight is 311 g/mol. The highest BCUT2D eigenvalue weighted by atomic mass is 79.9. The van der Waals surface area contributed by atoms with Crippen molar-refractivity contribution in [3.8, 4) is 0 Å². The summed E-state index contributed by atoms with van der Waals surface area (Å²) < 4.78 is 13.3. The van der Waals surface area contributed by atoms with Crippen LogP contribution >= 0.6 is 27.5 Å². The lowest BCUT2D eigenvalue weighted by molar-refractivity contribution is 0.186. The van der Waals surface area contributed by atoms with Crippen molar-refractivity contribution < 1.29 is 14.3 Å². The van der Waals surface area contributed by atoms with Gasteiger partial charge in [-0.15, -0.1) is 0 Å². The van der Waals surface area contributed by atoms with Gasteiger partial charge in [-0.3, -0.25) is 0 Å². The van der Waals surface area contributed by atoms with E-state index in [9.17, 15) is 9.18 Å². The van der Waals surface area contributed by atoms with E-state index in [1.54, 1.807) is 18.2 Å². The van der Waals surface area contributed by atoms with E-state index in [0.29, 0.717) is 5.02 Å². The van der Waals surface area contributed by atoms with Gasteiger partial charge >= 0.3 is 6.09 Å². The zero-order chi connectivity index (χ0) is 12.1. The molecule has 1 rings (SSSR count). The van der Waals surface area contributed by atoms with Crippen LogP contribution in [-0.4, -0.2) is 23.9 Å². The minimum absolute atomic E-state index is 0.278. The van der Waals surface area contributed by atoms with Crippen LogP contribution in [0, 0.1) is 0 Å². The first-order chi connectivity index (χ1) is 7.52. The number of halogens is 3. The Hall–Kier alpha value is -0.810. The normalized spacial score (nSPS) is 12.2. The van der Waals surface area contributed by atoms with Gasteiger partial charge in [0, 0.05) is 9.50 Å². The monoisotopic (exact) mass is 309 g/mol. The van der Waals surface area contributed by atoms with Crippen LogP contribution in [0.2, 0.25) is 5.02 Å². The van der Waals surface area contributed by atoms with Crippen LogP contribution in [-0.2, 0) is 6.42 Å². The number of hydrogen-bond acceptors (Lipinski definition) is 1. The summed E-state index contributed by atoms with van der Waals surface area (Å²) in [5, 5.41) is 11.2. The lowest BCUT2D eigenvalue weighted by atomic mass is 10.1. The van der Waals surface area contributed by atoms with Crippen molar-refractivity contribution in [2.24, 2.45) is 0 Å². The first kappa shape index (κ1) is 13.3. The minimum atomic E-state index is -1.23. The predicted molar refractivity (Wildman–Crippen MR) is 63.8 cm³/mol. The standard InChI is InChI=1S/C10H10BrClFNO2/c11-9-4-7(12)2-1-6(9)3-8(5-13)14-10(15)16/h1-2,4,8,14H,3,5H2,(H,15,16). The molecule has 0 aliphatic rings. The highest BCUT2D eigenvalue weighted by Crippen LogP contribution is 2.22. The number of carbonyl (C=O) groups is 1. The Kier molecular flexibility index (Phi) is 5.02. The number of nitrogens with one attached hydrogen (secondary N) is 1. The van der Waals surface area contributed by atoms with Crippen molar-refractivity contribution in [2.75, 3.05) is 6.67 Å². The van der Waals surface area contributed by atoms with Crippen molar-refractivity contribution in [3.05, 3.63) is 33.3 Å². The first-order valence-corrected chi connectivity index (χ1v) is 5.69. The van der Waals surface area contributed by atoms with Gasteiger partial charge in [0.1, 0.15) is 6.67 Å². The molecule has 0 spiro atoms. The fourth-order valence-corrected chi connectivity index (χ4v) is 2.12. The molecule has 1 aromatic carbocycles. The molecule has 0 heterocycles. The maximum Gasteiger partial charge on any atom is 0.404 e. The summed E-state index contributed by atoms with van der Waals surface area (Å²) in [4.78, 5) is 10.4. The molecule has 0 fully saturated rings. The topological polar surface area (TPSA) is 49.3 Å². The minimum Gasteiger partial charge on any atom is -0.465 e. The molecule has 0 aliphatic carbocycles. The maximum absolute atomic E-state index is 12.5. The largest absolute Gasteiger partial charge is 0.465 e. The smallest absolute Gasteiger partial charge is 0.404 e. The third kappa shape index (κ3) is 3.98. The molecule has 0 aromatic heterocycles. The van der Waals surface area contributed by atoms with Gasteiger partial charge in [0.15, 0.2) is 0 Å².